The lowest BCUT2D eigenvalue weighted by atomic mass is 10.2. The first kappa shape index (κ1) is 15.5. The molecule has 0 spiro atoms. The number of ether oxygens (including phenoxy) is 1. The zero-order valence-corrected chi connectivity index (χ0v) is 11.9. The summed E-state index contributed by atoms with van der Waals surface area (Å²) in [6, 6.07) is 7.13. The Kier molecular flexibility index (Phi) is 6.36. The average molecular weight is 265 g/mol. The highest BCUT2D eigenvalue weighted by molar-refractivity contribution is 5.94. The Labute approximate surface area is 115 Å². The van der Waals surface area contributed by atoms with Crippen LogP contribution in [0.3, 0.4) is 0 Å². The normalized spacial score (nSPS) is 10.6. The van der Waals surface area contributed by atoms with Crippen LogP contribution in [-0.2, 0) is 0 Å². The van der Waals surface area contributed by atoms with Crippen LogP contribution in [0.15, 0.2) is 24.3 Å². The van der Waals surface area contributed by atoms with E-state index < -0.39 is 0 Å². The number of nitrogens with zero attached hydrogens (tertiary/aromatic N) is 1. The van der Waals surface area contributed by atoms with Crippen LogP contribution in [0.2, 0.25) is 0 Å². The summed E-state index contributed by atoms with van der Waals surface area (Å²) in [5.74, 6) is 0.711. The number of aliphatic hydroxyl groups excluding tert-OH is 1. The third-order valence-corrected chi connectivity index (χ3v) is 2.62. The van der Waals surface area contributed by atoms with Gasteiger partial charge in [0.25, 0.3) is 5.91 Å². The summed E-state index contributed by atoms with van der Waals surface area (Å²) in [6.07, 6.45) is 0.993. The van der Waals surface area contributed by atoms with Crippen molar-refractivity contribution in [2.75, 3.05) is 19.7 Å². The smallest absolute Gasteiger partial charge is 0.253 e. The second-order valence-corrected chi connectivity index (χ2v) is 4.71. The molecule has 4 heteroatoms. The first-order valence-electron chi connectivity index (χ1n) is 6.75. The molecule has 1 N–H and O–H groups in total. The number of aliphatic hydroxyl groups is 1. The van der Waals surface area contributed by atoms with Crippen molar-refractivity contribution in [3.63, 3.8) is 0 Å². The van der Waals surface area contributed by atoms with Gasteiger partial charge in [-0.2, -0.15) is 0 Å². The number of hydrogen-bond donors (Lipinski definition) is 1. The number of amides is 1. The van der Waals surface area contributed by atoms with E-state index in [0.717, 1.165) is 12.2 Å². The van der Waals surface area contributed by atoms with Crippen molar-refractivity contribution in [2.45, 2.75) is 33.3 Å². The number of benzene rings is 1. The van der Waals surface area contributed by atoms with Gasteiger partial charge < -0.3 is 14.7 Å². The highest BCUT2D eigenvalue weighted by Crippen LogP contribution is 2.15. The summed E-state index contributed by atoms with van der Waals surface area (Å²) in [6.45, 7) is 6.95. The van der Waals surface area contributed by atoms with Crippen molar-refractivity contribution in [2.24, 2.45) is 0 Å². The van der Waals surface area contributed by atoms with Gasteiger partial charge in [0.1, 0.15) is 5.75 Å². The molecule has 0 aromatic heterocycles. The topological polar surface area (TPSA) is 49.8 Å². The van der Waals surface area contributed by atoms with Crippen molar-refractivity contribution < 1.29 is 14.6 Å². The number of hydrogen-bond acceptors (Lipinski definition) is 3. The highest BCUT2D eigenvalue weighted by Gasteiger charge is 2.14. The van der Waals surface area contributed by atoms with Gasteiger partial charge in [0, 0.05) is 18.7 Å². The summed E-state index contributed by atoms with van der Waals surface area (Å²) in [4.78, 5) is 13.9. The van der Waals surface area contributed by atoms with Gasteiger partial charge in [0.2, 0.25) is 0 Å². The van der Waals surface area contributed by atoms with E-state index in [2.05, 4.69) is 0 Å². The summed E-state index contributed by atoms with van der Waals surface area (Å²) in [5, 5.41) is 8.99. The van der Waals surface area contributed by atoms with E-state index in [1.54, 1.807) is 29.2 Å². The van der Waals surface area contributed by atoms with Gasteiger partial charge in [0.05, 0.1) is 12.7 Å². The molecule has 0 bridgehead atoms. The van der Waals surface area contributed by atoms with E-state index in [0.29, 0.717) is 18.7 Å². The van der Waals surface area contributed by atoms with Gasteiger partial charge in [0.15, 0.2) is 0 Å². The zero-order valence-electron chi connectivity index (χ0n) is 11.9. The lowest BCUT2D eigenvalue weighted by Crippen LogP contribution is -2.34. The molecule has 0 saturated heterocycles. The molecule has 0 heterocycles. The summed E-state index contributed by atoms with van der Waals surface area (Å²) in [5.41, 5.74) is 0.623. The second-order valence-electron chi connectivity index (χ2n) is 4.71. The largest absolute Gasteiger partial charge is 0.491 e. The first-order valence-corrected chi connectivity index (χ1v) is 6.75. The minimum absolute atomic E-state index is 0.0136. The van der Waals surface area contributed by atoms with Crippen LogP contribution in [0.25, 0.3) is 0 Å². The molecule has 1 rings (SSSR count). The van der Waals surface area contributed by atoms with Crippen LogP contribution >= 0.6 is 0 Å². The summed E-state index contributed by atoms with van der Waals surface area (Å²) >= 11 is 0. The fourth-order valence-electron chi connectivity index (χ4n) is 1.84. The Morgan fingerprint density at radius 3 is 2.37 bits per heavy atom. The number of carbonyl (C=O) groups excluding carboxylic acids is 1. The van der Waals surface area contributed by atoms with Gasteiger partial charge in [-0.05, 0) is 44.5 Å². The zero-order chi connectivity index (χ0) is 14.3. The lowest BCUT2D eigenvalue weighted by molar-refractivity contribution is 0.0722. The molecule has 0 atom stereocenters. The molecule has 0 radical (unpaired) electrons. The third-order valence-electron chi connectivity index (χ3n) is 2.62. The molecule has 0 aliphatic rings. The van der Waals surface area contributed by atoms with E-state index >= 15 is 0 Å². The van der Waals surface area contributed by atoms with Crippen molar-refractivity contribution in [3.8, 4) is 5.75 Å². The Balaban J connectivity index is 2.75. The SMILES string of the molecule is CCCN(CCO)C(=O)c1ccc(OC(C)C)cc1. The van der Waals surface area contributed by atoms with Crippen LogP contribution in [0, 0.1) is 0 Å². The van der Waals surface area contributed by atoms with E-state index in [4.69, 9.17) is 9.84 Å². The third kappa shape index (κ3) is 4.91. The van der Waals surface area contributed by atoms with E-state index in [1.165, 1.54) is 0 Å². The van der Waals surface area contributed by atoms with Crippen LogP contribution in [0.5, 0.6) is 5.75 Å². The fourth-order valence-corrected chi connectivity index (χ4v) is 1.84. The predicted octanol–water partition coefficient (Wildman–Crippen LogP) is 2.32. The molecule has 4 nitrogen and oxygen atoms in total. The van der Waals surface area contributed by atoms with Crippen molar-refractivity contribution >= 4 is 5.91 Å². The Morgan fingerprint density at radius 2 is 1.89 bits per heavy atom. The lowest BCUT2D eigenvalue weighted by Gasteiger charge is -2.21. The predicted molar refractivity (Wildman–Crippen MR) is 75.5 cm³/mol. The first-order chi connectivity index (χ1) is 9.08. The van der Waals surface area contributed by atoms with Crippen LogP contribution in [0.1, 0.15) is 37.6 Å². The number of carbonyl (C=O) groups is 1. The molecule has 106 valence electrons. The van der Waals surface area contributed by atoms with E-state index in [-0.39, 0.29) is 18.6 Å². The summed E-state index contributed by atoms with van der Waals surface area (Å²) in [7, 11) is 0. The molecular weight excluding hydrogens is 242 g/mol. The van der Waals surface area contributed by atoms with Gasteiger partial charge in [-0.1, -0.05) is 6.92 Å². The maximum absolute atomic E-state index is 12.2. The quantitative estimate of drug-likeness (QED) is 0.823. The van der Waals surface area contributed by atoms with Gasteiger partial charge in [-0.15, -0.1) is 0 Å². The van der Waals surface area contributed by atoms with Crippen molar-refractivity contribution in [3.05, 3.63) is 29.8 Å². The second kappa shape index (κ2) is 7.79. The minimum Gasteiger partial charge on any atom is -0.491 e. The Hall–Kier alpha value is -1.55. The van der Waals surface area contributed by atoms with Crippen LogP contribution < -0.4 is 4.74 Å². The van der Waals surface area contributed by atoms with Crippen LogP contribution in [-0.4, -0.2) is 41.7 Å². The average Bonchev–Trinajstić information content (AvgIpc) is 2.38. The molecule has 0 unspecified atom stereocenters. The minimum atomic E-state index is -0.0491. The maximum atomic E-state index is 12.2. The summed E-state index contributed by atoms with van der Waals surface area (Å²) < 4.78 is 5.54. The molecule has 1 aromatic carbocycles. The van der Waals surface area contributed by atoms with E-state index in [1.807, 2.05) is 20.8 Å². The number of rotatable bonds is 7. The van der Waals surface area contributed by atoms with E-state index in [9.17, 15) is 4.79 Å². The highest BCUT2D eigenvalue weighted by atomic mass is 16.5. The molecule has 19 heavy (non-hydrogen) atoms. The van der Waals surface area contributed by atoms with Crippen LogP contribution in [0.4, 0.5) is 0 Å². The molecular formula is C15H23NO3. The molecule has 1 amide bonds. The van der Waals surface area contributed by atoms with Gasteiger partial charge in [-0.25, -0.2) is 0 Å². The molecule has 1 aromatic rings. The molecule has 0 aliphatic carbocycles. The standard InChI is InChI=1S/C15H23NO3/c1-4-9-16(10-11-17)15(18)13-5-7-14(8-6-13)19-12(2)3/h5-8,12,17H,4,9-11H2,1-3H3. The Morgan fingerprint density at radius 1 is 1.26 bits per heavy atom. The Bertz CT molecular complexity index is 381. The molecule has 0 fully saturated rings. The monoisotopic (exact) mass is 265 g/mol. The molecule has 0 saturated carbocycles. The maximum Gasteiger partial charge on any atom is 0.253 e. The van der Waals surface area contributed by atoms with Crippen molar-refractivity contribution in [1.82, 2.24) is 4.90 Å². The molecule has 0 aliphatic heterocycles. The van der Waals surface area contributed by atoms with Crippen molar-refractivity contribution in [1.29, 1.82) is 0 Å². The van der Waals surface area contributed by atoms with Gasteiger partial charge in [-0.3, -0.25) is 4.79 Å². The van der Waals surface area contributed by atoms with Gasteiger partial charge >= 0.3 is 0 Å². The fraction of sp³-hybridized carbons (Fsp3) is 0.533.